The molecule has 0 aliphatic carbocycles. The van der Waals surface area contributed by atoms with E-state index >= 15 is 0 Å². The average Bonchev–Trinajstić information content (AvgIpc) is 2.57. The Morgan fingerprint density at radius 1 is 0.731 bits per heavy atom. The zero-order valence-corrected chi connectivity index (χ0v) is 16.2. The van der Waals surface area contributed by atoms with E-state index in [0.29, 0.717) is 13.2 Å². The van der Waals surface area contributed by atoms with Crippen LogP contribution in [-0.4, -0.2) is 25.2 Å². The molecule has 142 valence electrons. The molecule has 8 heteroatoms. The topological polar surface area (TPSA) is 60.4 Å². The first-order valence-corrected chi connectivity index (χ1v) is 7.92. The van der Waals surface area contributed by atoms with Gasteiger partial charge in [-0.25, -0.2) is 9.59 Å². The van der Waals surface area contributed by atoms with Gasteiger partial charge in [-0.3, -0.25) is 0 Å². The molecule has 0 aliphatic heterocycles. The van der Waals surface area contributed by atoms with Crippen molar-refractivity contribution in [1.82, 2.24) is 0 Å². The van der Waals surface area contributed by atoms with Gasteiger partial charge < -0.3 is 34.3 Å². The SMILES string of the molecule is CCOC(=O)C[n+]1ccc(-c2cc[n+](CC(=O)OCC)cc2)cc1.[Cl-].[Cl-]. The van der Waals surface area contributed by atoms with E-state index in [9.17, 15) is 9.59 Å². The molecule has 0 bridgehead atoms. The van der Waals surface area contributed by atoms with Crippen molar-refractivity contribution >= 4 is 11.9 Å². The van der Waals surface area contributed by atoms with Crippen molar-refractivity contribution in [3.63, 3.8) is 0 Å². The van der Waals surface area contributed by atoms with Gasteiger partial charge >= 0.3 is 11.9 Å². The van der Waals surface area contributed by atoms with Gasteiger partial charge in [-0.05, 0) is 25.0 Å². The van der Waals surface area contributed by atoms with Crippen LogP contribution in [0.1, 0.15) is 13.8 Å². The largest absolute Gasteiger partial charge is 1.00 e. The average molecular weight is 401 g/mol. The van der Waals surface area contributed by atoms with Gasteiger partial charge in [-0.15, -0.1) is 0 Å². The minimum Gasteiger partial charge on any atom is -1.00 e. The number of hydrogen-bond acceptors (Lipinski definition) is 4. The van der Waals surface area contributed by atoms with Crippen LogP contribution in [0.5, 0.6) is 0 Å². The van der Waals surface area contributed by atoms with Crippen molar-refractivity contribution in [2.75, 3.05) is 13.2 Å². The highest BCUT2D eigenvalue weighted by molar-refractivity contribution is 5.68. The number of nitrogens with zero attached hydrogens (tertiary/aromatic N) is 2. The first kappa shape index (κ1) is 23.8. The van der Waals surface area contributed by atoms with E-state index in [-0.39, 0.29) is 49.8 Å². The predicted octanol–water partition coefficient (Wildman–Crippen LogP) is -4.94. The molecule has 26 heavy (non-hydrogen) atoms. The Kier molecular flexibility index (Phi) is 11.2. The molecule has 0 radical (unpaired) electrons. The Hall–Kier alpha value is -2.18. The van der Waals surface area contributed by atoms with E-state index in [1.165, 1.54) is 0 Å². The van der Waals surface area contributed by atoms with Crippen LogP contribution in [0.2, 0.25) is 0 Å². The highest BCUT2D eigenvalue weighted by Crippen LogP contribution is 2.15. The fourth-order valence-corrected chi connectivity index (χ4v) is 2.22. The van der Waals surface area contributed by atoms with Crippen molar-refractivity contribution in [3.05, 3.63) is 49.1 Å². The maximum Gasteiger partial charge on any atom is 0.372 e. The number of esters is 2. The second-order valence-electron chi connectivity index (χ2n) is 5.13. The fraction of sp³-hybridized carbons (Fsp3) is 0.333. The van der Waals surface area contributed by atoms with E-state index in [4.69, 9.17) is 9.47 Å². The Morgan fingerprint density at radius 2 is 1.04 bits per heavy atom. The summed E-state index contributed by atoms with van der Waals surface area (Å²) in [7, 11) is 0. The second kappa shape index (κ2) is 12.2. The van der Waals surface area contributed by atoms with E-state index in [2.05, 4.69) is 0 Å². The minimum absolute atomic E-state index is 0. The first-order chi connectivity index (χ1) is 11.6. The molecule has 0 aliphatic rings. The summed E-state index contributed by atoms with van der Waals surface area (Å²) in [6.45, 7) is 4.73. The standard InChI is InChI=1S/C18H22N2O4.2ClH/c1-3-23-17(21)13-19-9-5-15(6-10-19)16-7-11-20(12-8-16)14-18(22)24-4-2;;/h5-12H,3-4,13-14H2,1-2H3;2*1H/q+2;;/p-2. The van der Waals surface area contributed by atoms with E-state index < -0.39 is 0 Å². The molecule has 0 amide bonds. The molecule has 0 saturated heterocycles. The number of rotatable bonds is 7. The lowest BCUT2D eigenvalue weighted by Gasteiger charge is -2.02. The summed E-state index contributed by atoms with van der Waals surface area (Å²) in [5.74, 6) is -0.509. The molecule has 2 aromatic heterocycles. The summed E-state index contributed by atoms with van der Waals surface area (Å²) in [4.78, 5) is 22.9. The number of carbonyl (C=O) groups is 2. The van der Waals surface area contributed by atoms with Gasteiger partial charge in [0.05, 0.1) is 13.2 Å². The number of hydrogen-bond donors (Lipinski definition) is 0. The monoisotopic (exact) mass is 400 g/mol. The van der Waals surface area contributed by atoms with Gasteiger partial charge in [0.15, 0.2) is 24.8 Å². The molecule has 0 aromatic carbocycles. The smallest absolute Gasteiger partial charge is 0.372 e. The lowest BCUT2D eigenvalue weighted by Crippen LogP contribution is -3.00. The summed E-state index contributed by atoms with van der Waals surface area (Å²) >= 11 is 0. The Labute approximate surface area is 165 Å². The van der Waals surface area contributed by atoms with Gasteiger partial charge in [0.2, 0.25) is 13.1 Å². The Morgan fingerprint density at radius 3 is 1.31 bits per heavy atom. The van der Waals surface area contributed by atoms with Crippen LogP contribution in [-0.2, 0) is 32.2 Å². The molecule has 0 unspecified atom stereocenters. The molecular formula is C18H22Cl2N2O4. The van der Waals surface area contributed by atoms with Crippen molar-refractivity contribution < 1.29 is 53.0 Å². The van der Waals surface area contributed by atoms with Crippen molar-refractivity contribution in [2.45, 2.75) is 26.9 Å². The molecule has 6 nitrogen and oxygen atoms in total. The van der Waals surface area contributed by atoms with E-state index in [1.54, 1.807) is 23.0 Å². The summed E-state index contributed by atoms with van der Waals surface area (Å²) in [6.07, 6.45) is 7.36. The Bertz CT molecular complexity index is 630. The van der Waals surface area contributed by atoms with Crippen LogP contribution in [0.4, 0.5) is 0 Å². The maximum atomic E-state index is 11.5. The highest BCUT2D eigenvalue weighted by atomic mass is 35.5. The molecule has 2 aromatic rings. The third kappa shape index (κ3) is 7.37. The Balaban J connectivity index is 0.00000312. The van der Waals surface area contributed by atoms with Crippen molar-refractivity contribution in [1.29, 1.82) is 0 Å². The number of carbonyl (C=O) groups excluding carboxylic acids is 2. The van der Waals surface area contributed by atoms with Crippen LogP contribution in [0.3, 0.4) is 0 Å². The second-order valence-corrected chi connectivity index (χ2v) is 5.13. The molecule has 0 N–H and O–H groups in total. The summed E-state index contributed by atoms with van der Waals surface area (Å²) in [6, 6.07) is 7.74. The van der Waals surface area contributed by atoms with Gasteiger partial charge in [0.1, 0.15) is 0 Å². The molecule has 0 saturated carbocycles. The lowest BCUT2D eigenvalue weighted by atomic mass is 10.1. The highest BCUT2D eigenvalue weighted by Gasteiger charge is 2.12. The van der Waals surface area contributed by atoms with Crippen LogP contribution in [0.25, 0.3) is 11.1 Å². The minimum atomic E-state index is -0.255. The third-order valence-electron chi connectivity index (χ3n) is 3.35. The molecule has 2 rings (SSSR count). The number of halogens is 2. The van der Waals surface area contributed by atoms with Gasteiger partial charge in [0, 0.05) is 24.3 Å². The van der Waals surface area contributed by atoms with Crippen LogP contribution in [0.15, 0.2) is 49.1 Å². The molecule has 0 atom stereocenters. The fourth-order valence-electron chi connectivity index (χ4n) is 2.22. The summed E-state index contributed by atoms with van der Waals surface area (Å²) in [5, 5.41) is 0. The van der Waals surface area contributed by atoms with E-state index in [1.807, 2.05) is 49.1 Å². The molecular weight excluding hydrogens is 379 g/mol. The number of ether oxygens (including phenoxy) is 2. The molecule has 0 fully saturated rings. The maximum absolute atomic E-state index is 11.5. The van der Waals surface area contributed by atoms with Crippen LogP contribution >= 0.6 is 0 Å². The molecule has 2 heterocycles. The normalized spacial score (nSPS) is 9.46. The number of aromatic nitrogens is 2. The van der Waals surface area contributed by atoms with Gasteiger partial charge in [-0.1, -0.05) is 0 Å². The van der Waals surface area contributed by atoms with Gasteiger partial charge in [-0.2, -0.15) is 9.13 Å². The summed E-state index contributed by atoms with van der Waals surface area (Å²) in [5.41, 5.74) is 2.05. The van der Waals surface area contributed by atoms with Crippen molar-refractivity contribution in [3.8, 4) is 11.1 Å². The first-order valence-electron chi connectivity index (χ1n) is 7.92. The van der Waals surface area contributed by atoms with Crippen molar-refractivity contribution in [2.24, 2.45) is 0 Å². The van der Waals surface area contributed by atoms with E-state index in [0.717, 1.165) is 11.1 Å². The summed E-state index contributed by atoms with van der Waals surface area (Å²) < 4.78 is 13.4. The molecule has 0 spiro atoms. The third-order valence-corrected chi connectivity index (χ3v) is 3.35. The lowest BCUT2D eigenvalue weighted by molar-refractivity contribution is -0.686. The zero-order chi connectivity index (χ0) is 17.4. The number of pyridine rings is 2. The van der Waals surface area contributed by atoms with Crippen LogP contribution < -0.4 is 33.9 Å². The van der Waals surface area contributed by atoms with Gasteiger partial charge in [0.25, 0.3) is 0 Å². The predicted molar refractivity (Wildman–Crippen MR) is 85.5 cm³/mol. The quantitative estimate of drug-likeness (QED) is 0.345. The zero-order valence-electron chi connectivity index (χ0n) is 14.7. The van der Waals surface area contributed by atoms with Crippen LogP contribution in [0, 0.1) is 0 Å².